The molecule has 1 atom stereocenters. The third-order valence-electron chi connectivity index (χ3n) is 1.55. The van der Waals surface area contributed by atoms with E-state index in [1.165, 1.54) is 0 Å². The largest absolute Gasteiger partial charge is 0.442 e. The Morgan fingerprint density at radius 3 is 2.11 bits per heavy atom. The first-order chi connectivity index (χ1) is 4.06. The molecule has 0 fully saturated rings. The molecule has 1 unspecified atom stereocenters. The molecule has 0 radical (unpaired) electrons. The van der Waals surface area contributed by atoms with E-state index in [2.05, 4.69) is 6.58 Å². The Morgan fingerprint density at radius 1 is 1.67 bits per heavy atom. The Labute approximate surface area is 60.7 Å². The summed E-state index contributed by atoms with van der Waals surface area (Å²) in [5.74, 6) is 0. The fraction of sp³-hybridized carbons (Fsp3) is 0.600. The Kier molecular flexibility index (Phi) is 3.34. The van der Waals surface area contributed by atoms with Crippen LogP contribution in [0, 0.1) is 0 Å². The highest BCUT2D eigenvalue weighted by atomic mass is 28.4. The normalized spacial score (nSPS) is 17.2. The van der Waals surface area contributed by atoms with Crippen LogP contribution in [0.4, 0.5) is 0 Å². The smallest absolute Gasteiger partial charge is 0.353 e. The summed E-state index contributed by atoms with van der Waals surface area (Å²) < 4.78 is 10.5. The van der Waals surface area contributed by atoms with Crippen molar-refractivity contribution in [2.75, 3.05) is 7.11 Å². The van der Waals surface area contributed by atoms with Crippen LogP contribution in [0.2, 0.25) is 6.55 Å². The van der Waals surface area contributed by atoms with Crippen molar-refractivity contribution in [3.8, 4) is 0 Å². The van der Waals surface area contributed by atoms with Gasteiger partial charge in [0, 0.05) is 7.11 Å². The van der Waals surface area contributed by atoms with Crippen molar-refractivity contribution in [3.63, 3.8) is 0 Å². The Balaban J connectivity index is 4.09. The molecule has 0 N–H and O–H groups in total. The van der Waals surface area contributed by atoms with E-state index in [1.807, 2.05) is 13.5 Å². The molecule has 0 spiro atoms. The van der Waals surface area contributed by atoms with Gasteiger partial charge in [0.05, 0.1) is 0 Å². The van der Waals surface area contributed by atoms with E-state index in [1.54, 1.807) is 7.11 Å². The van der Waals surface area contributed by atoms with Gasteiger partial charge in [0.1, 0.15) is 10.5 Å². The van der Waals surface area contributed by atoms with Crippen LogP contribution in [0.1, 0.15) is 6.92 Å². The molecule has 54 valence electrons. The minimum Gasteiger partial charge on any atom is -0.442 e. The average Bonchev–Trinajstić information content (AvgIpc) is 1.86. The van der Waals surface area contributed by atoms with Crippen LogP contribution in [-0.4, -0.2) is 26.2 Å². The topological polar surface area (TPSA) is 18.5 Å². The van der Waals surface area contributed by atoms with E-state index in [-0.39, 0.29) is 0 Å². The van der Waals surface area contributed by atoms with Crippen molar-refractivity contribution in [1.82, 2.24) is 0 Å². The fourth-order valence-electron chi connectivity index (χ4n) is 0.432. The lowest BCUT2D eigenvalue weighted by atomic mass is 10.8. The van der Waals surface area contributed by atoms with Crippen LogP contribution in [0.5, 0.6) is 0 Å². The average molecular weight is 162 g/mol. The summed E-state index contributed by atoms with van der Waals surface area (Å²) >= 11 is 0. The molecule has 0 amide bonds. The summed E-state index contributed by atoms with van der Waals surface area (Å²) in [6.45, 7) is 7.76. The minimum absolute atomic E-state index is 0.730. The van der Waals surface area contributed by atoms with Crippen molar-refractivity contribution in [2.45, 2.75) is 13.5 Å². The lowest BCUT2D eigenvalue weighted by Crippen LogP contribution is -2.38. The van der Waals surface area contributed by atoms with Gasteiger partial charge in [-0.2, -0.15) is 0 Å². The molecule has 0 aliphatic carbocycles. The molecule has 2 nitrogen and oxygen atoms in total. The summed E-state index contributed by atoms with van der Waals surface area (Å²) in [6, 6.07) is 0. The maximum Gasteiger partial charge on any atom is 0.353 e. The van der Waals surface area contributed by atoms with Gasteiger partial charge in [-0.1, -0.05) is 6.58 Å². The van der Waals surface area contributed by atoms with E-state index in [0.29, 0.717) is 0 Å². The second-order valence-corrected chi connectivity index (χ2v) is 6.92. The van der Waals surface area contributed by atoms with Crippen molar-refractivity contribution in [2.24, 2.45) is 0 Å². The quantitative estimate of drug-likeness (QED) is 0.549. The standard InChI is InChI=1S/C5H14O2Si2/c1-5(2)9(4,6-3)7-8/h1H2,2-4,8H3. The summed E-state index contributed by atoms with van der Waals surface area (Å²) in [4.78, 5) is 0. The molecule has 0 aliphatic rings. The van der Waals surface area contributed by atoms with E-state index in [4.69, 9.17) is 8.54 Å². The maximum absolute atomic E-state index is 5.30. The summed E-state index contributed by atoms with van der Waals surface area (Å²) in [7, 11) is 0.502. The molecule has 0 rings (SSSR count). The van der Waals surface area contributed by atoms with Gasteiger partial charge in [-0.15, -0.1) is 0 Å². The first-order valence-corrected chi connectivity index (χ1v) is 5.96. The second kappa shape index (κ2) is 3.31. The van der Waals surface area contributed by atoms with E-state index >= 15 is 0 Å². The van der Waals surface area contributed by atoms with Gasteiger partial charge in [-0.3, -0.25) is 0 Å². The molecular weight excluding hydrogens is 148 g/mol. The lowest BCUT2D eigenvalue weighted by molar-refractivity contribution is 0.326. The zero-order valence-electron chi connectivity index (χ0n) is 6.52. The zero-order valence-corrected chi connectivity index (χ0v) is 9.52. The number of allylic oxidation sites excluding steroid dienone is 1. The molecule has 0 aromatic carbocycles. The van der Waals surface area contributed by atoms with Crippen LogP contribution in [0.15, 0.2) is 11.8 Å². The third kappa shape index (κ3) is 2.05. The first-order valence-electron chi connectivity index (χ1n) is 2.83. The Hall–Kier alpha value is 0.0938. The van der Waals surface area contributed by atoms with Gasteiger partial charge in [0.25, 0.3) is 0 Å². The molecule has 0 saturated heterocycles. The maximum atomic E-state index is 5.30. The number of hydrogen-bond donors (Lipinski definition) is 0. The number of hydrogen-bond acceptors (Lipinski definition) is 2. The second-order valence-electron chi connectivity index (χ2n) is 2.13. The molecule has 0 heterocycles. The van der Waals surface area contributed by atoms with E-state index in [9.17, 15) is 0 Å². The highest BCUT2D eigenvalue weighted by Gasteiger charge is 2.28. The van der Waals surface area contributed by atoms with Gasteiger partial charge < -0.3 is 8.54 Å². The van der Waals surface area contributed by atoms with Crippen molar-refractivity contribution in [3.05, 3.63) is 11.8 Å². The van der Waals surface area contributed by atoms with Crippen LogP contribution in [-0.2, 0) is 8.54 Å². The summed E-state index contributed by atoms with van der Waals surface area (Å²) in [5, 5.41) is 1.04. The number of rotatable bonds is 3. The van der Waals surface area contributed by atoms with Gasteiger partial charge in [0.15, 0.2) is 0 Å². The molecular formula is C5H14O2Si2. The van der Waals surface area contributed by atoms with Gasteiger partial charge in [-0.25, -0.2) is 0 Å². The zero-order chi connectivity index (χ0) is 7.49. The fourth-order valence-corrected chi connectivity index (χ4v) is 2.84. The Morgan fingerprint density at radius 2 is 2.11 bits per heavy atom. The van der Waals surface area contributed by atoms with E-state index in [0.717, 1.165) is 15.7 Å². The first kappa shape index (κ1) is 9.09. The SMILES string of the molecule is C=C(C)[Si](C)(OC)O[SiH3]. The van der Waals surface area contributed by atoms with Gasteiger partial charge in [0.2, 0.25) is 0 Å². The van der Waals surface area contributed by atoms with Crippen LogP contribution >= 0.6 is 0 Å². The predicted octanol–water partition coefficient (Wildman–Crippen LogP) is 0.117. The highest BCUT2D eigenvalue weighted by Crippen LogP contribution is 2.12. The molecule has 0 saturated carbocycles. The molecule has 0 aromatic rings. The lowest BCUT2D eigenvalue weighted by Gasteiger charge is -2.22. The van der Waals surface area contributed by atoms with Gasteiger partial charge >= 0.3 is 8.56 Å². The summed E-state index contributed by atoms with van der Waals surface area (Å²) in [5.41, 5.74) is 0. The minimum atomic E-state index is -1.91. The van der Waals surface area contributed by atoms with Crippen LogP contribution in [0.3, 0.4) is 0 Å². The molecule has 0 bridgehead atoms. The van der Waals surface area contributed by atoms with Crippen molar-refractivity contribution >= 4 is 19.0 Å². The van der Waals surface area contributed by atoms with E-state index < -0.39 is 8.56 Å². The third-order valence-corrected chi connectivity index (χ3v) is 7.00. The molecule has 9 heavy (non-hydrogen) atoms. The Bertz CT molecular complexity index is 110. The van der Waals surface area contributed by atoms with Crippen LogP contribution < -0.4 is 0 Å². The van der Waals surface area contributed by atoms with Crippen molar-refractivity contribution < 1.29 is 8.54 Å². The molecule has 4 heteroatoms. The summed E-state index contributed by atoms with van der Waals surface area (Å²) in [6.07, 6.45) is 0. The molecule has 0 aromatic heterocycles. The monoisotopic (exact) mass is 162 g/mol. The molecule has 0 aliphatic heterocycles. The highest BCUT2D eigenvalue weighted by molar-refractivity contribution is 6.75. The predicted molar refractivity (Wildman–Crippen MR) is 44.5 cm³/mol. The van der Waals surface area contributed by atoms with Crippen LogP contribution in [0.25, 0.3) is 0 Å². The van der Waals surface area contributed by atoms with Crippen molar-refractivity contribution in [1.29, 1.82) is 0 Å². The van der Waals surface area contributed by atoms with Gasteiger partial charge in [-0.05, 0) is 18.7 Å².